The average molecular weight is 316 g/mol. The molecule has 0 bridgehead atoms. The van der Waals surface area contributed by atoms with E-state index in [4.69, 9.17) is 21.1 Å². The number of benzene rings is 2. The van der Waals surface area contributed by atoms with Gasteiger partial charge in [0.15, 0.2) is 0 Å². The Bertz CT molecular complexity index is 749. The summed E-state index contributed by atoms with van der Waals surface area (Å²) in [4.78, 5) is 0. The van der Waals surface area contributed by atoms with Crippen LogP contribution in [0.25, 0.3) is 10.9 Å². The van der Waals surface area contributed by atoms with Crippen molar-refractivity contribution >= 4 is 22.5 Å². The number of fused-ring (bicyclic) bond motifs is 1. The fourth-order valence-corrected chi connectivity index (χ4v) is 2.64. The second-order valence-corrected chi connectivity index (χ2v) is 5.53. The predicted molar refractivity (Wildman–Crippen MR) is 90.1 cm³/mol. The van der Waals surface area contributed by atoms with Crippen LogP contribution in [0.1, 0.15) is 6.42 Å². The molecule has 2 aromatic carbocycles. The van der Waals surface area contributed by atoms with Crippen molar-refractivity contribution in [2.45, 2.75) is 13.0 Å². The van der Waals surface area contributed by atoms with Gasteiger partial charge in [-0.05, 0) is 55.0 Å². The fraction of sp³-hybridized carbons (Fsp3) is 0.222. The molecule has 3 aromatic rings. The standard InChI is InChI=1S/C18H18ClNO2/c1-21-16-4-6-17(7-5-16)22-12-2-10-20-11-9-14-13-15(19)3-8-18(14)20/h3-9,11,13H,2,10,12H2,1H3. The van der Waals surface area contributed by atoms with Crippen LogP contribution in [0.4, 0.5) is 0 Å². The van der Waals surface area contributed by atoms with Crippen molar-refractivity contribution in [2.75, 3.05) is 13.7 Å². The van der Waals surface area contributed by atoms with Crippen LogP contribution in [-0.4, -0.2) is 18.3 Å². The number of hydrogen-bond acceptors (Lipinski definition) is 2. The van der Waals surface area contributed by atoms with Crippen molar-refractivity contribution in [1.82, 2.24) is 4.57 Å². The number of halogens is 1. The van der Waals surface area contributed by atoms with E-state index in [2.05, 4.69) is 22.9 Å². The SMILES string of the molecule is COc1ccc(OCCCn2ccc3cc(Cl)ccc32)cc1. The lowest BCUT2D eigenvalue weighted by Crippen LogP contribution is -2.03. The lowest BCUT2D eigenvalue weighted by atomic mass is 10.2. The first-order valence-electron chi connectivity index (χ1n) is 7.27. The molecule has 0 atom stereocenters. The molecule has 0 aliphatic heterocycles. The molecule has 1 aromatic heterocycles. The number of aryl methyl sites for hydroxylation is 1. The summed E-state index contributed by atoms with van der Waals surface area (Å²) in [5.74, 6) is 1.70. The van der Waals surface area contributed by atoms with Gasteiger partial charge >= 0.3 is 0 Å². The molecule has 0 aliphatic rings. The Morgan fingerprint density at radius 3 is 2.55 bits per heavy atom. The first-order valence-corrected chi connectivity index (χ1v) is 7.65. The van der Waals surface area contributed by atoms with Crippen molar-refractivity contribution in [3.63, 3.8) is 0 Å². The van der Waals surface area contributed by atoms with E-state index in [0.717, 1.165) is 29.5 Å². The van der Waals surface area contributed by atoms with Crippen molar-refractivity contribution in [1.29, 1.82) is 0 Å². The fourth-order valence-electron chi connectivity index (χ4n) is 2.46. The van der Waals surface area contributed by atoms with Gasteiger partial charge < -0.3 is 14.0 Å². The maximum Gasteiger partial charge on any atom is 0.119 e. The molecular formula is C18H18ClNO2. The minimum atomic E-state index is 0.680. The maximum absolute atomic E-state index is 6.01. The number of rotatable bonds is 6. The molecule has 0 spiro atoms. The van der Waals surface area contributed by atoms with Crippen LogP contribution >= 0.6 is 11.6 Å². The molecule has 0 fully saturated rings. The van der Waals surface area contributed by atoms with Crippen LogP contribution in [0.15, 0.2) is 54.7 Å². The van der Waals surface area contributed by atoms with E-state index >= 15 is 0 Å². The van der Waals surface area contributed by atoms with Gasteiger partial charge in [0.05, 0.1) is 13.7 Å². The molecule has 0 radical (unpaired) electrons. The van der Waals surface area contributed by atoms with Crippen molar-refractivity contribution < 1.29 is 9.47 Å². The normalized spacial score (nSPS) is 10.8. The van der Waals surface area contributed by atoms with Gasteiger partial charge in [-0.3, -0.25) is 0 Å². The third-order valence-corrected chi connectivity index (χ3v) is 3.84. The number of hydrogen-bond donors (Lipinski definition) is 0. The van der Waals surface area contributed by atoms with Gasteiger partial charge in [-0.2, -0.15) is 0 Å². The molecule has 0 saturated heterocycles. The summed E-state index contributed by atoms with van der Waals surface area (Å²) >= 11 is 6.01. The molecular weight excluding hydrogens is 298 g/mol. The molecule has 0 aliphatic carbocycles. The highest BCUT2D eigenvalue weighted by Crippen LogP contribution is 2.21. The Labute approximate surface area is 135 Å². The third-order valence-electron chi connectivity index (χ3n) is 3.60. The van der Waals surface area contributed by atoms with Crippen LogP contribution < -0.4 is 9.47 Å². The third kappa shape index (κ3) is 3.37. The average Bonchev–Trinajstić information content (AvgIpc) is 2.94. The molecule has 114 valence electrons. The van der Waals surface area contributed by atoms with Gasteiger partial charge in [0.2, 0.25) is 0 Å². The summed E-state index contributed by atoms with van der Waals surface area (Å²) in [6, 6.07) is 15.7. The topological polar surface area (TPSA) is 23.4 Å². The second-order valence-electron chi connectivity index (χ2n) is 5.09. The molecule has 1 heterocycles. The van der Waals surface area contributed by atoms with Gasteiger partial charge in [-0.1, -0.05) is 11.6 Å². The van der Waals surface area contributed by atoms with E-state index in [-0.39, 0.29) is 0 Å². The van der Waals surface area contributed by atoms with Crippen molar-refractivity contribution in [2.24, 2.45) is 0 Å². The molecule has 3 rings (SSSR count). The first-order chi connectivity index (χ1) is 10.8. The summed E-state index contributed by atoms with van der Waals surface area (Å²) < 4.78 is 13.1. The quantitative estimate of drug-likeness (QED) is 0.611. The Morgan fingerprint density at radius 1 is 1.00 bits per heavy atom. The second kappa shape index (κ2) is 6.75. The Hall–Kier alpha value is -2.13. The zero-order valence-corrected chi connectivity index (χ0v) is 13.2. The summed E-state index contributed by atoms with van der Waals surface area (Å²) in [6.07, 6.45) is 3.03. The molecule has 3 nitrogen and oxygen atoms in total. The van der Waals surface area contributed by atoms with E-state index in [9.17, 15) is 0 Å². The Kier molecular flexibility index (Phi) is 4.54. The van der Waals surface area contributed by atoms with Crippen LogP contribution in [0.3, 0.4) is 0 Å². The molecule has 0 amide bonds. The summed E-state index contributed by atoms with van der Waals surface area (Å²) in [7, 11) is 1.66. The molecule has 0 saturated carbocycles. The van der Waals surface area contributed by atoms with E-state index in [0.29, 0.717) is 6.61 Å². The summed E-state index contributed by atoms with van der Waals surface area (Å²) in [6.45, 7) is 1.60. The first kappa shape index (κ1) is 14.8. The van der Waals surface area contributed by atoms with Crippen LogP contribution in [-0.2, 0) is 6.54 Å². The van der Waals surface area contributed by atoms with Crippen molar-refractivity contribution in [3.05, 3.63) is 59.8 Å². The lowest BCUT2D eigenvalue weighted by Gasteiger charge is -2.08. The predicted octanol–water partition coefficient (Wildman–Crippen LogP) is 4.77. The molecule has 4 heteroatoms. The zero-order chi connectivity index (χ0) is 15.4. The zero-order valence-electron chi connectivity index (χ0n) is 12.5. The minimum absolute atomic E-state index is 0.680. The van der Waals surface area contributed by atoms with Crippen molar-refractivity contribution in [3.8, 4) is 11.5 Å². The van der Waals surface area contributed by atoms with Crippen LogP contribution in [0.2, 0.25) is 5.02 Å². The van der Waals surface area contributed by atoms with Gasteiger partial charge in [0, 0.05) is 28.7 Å². The molecule has 22 heavy (non-hydrogen) atoms. The maximum atomic E-state index is 6.01. The number of aromatic nitrogens is 1. The van der Waals surface area contributed by atoms with E-state index in [1.165, 1.54) is 10.9 Å². The molecule has 0 unspecified atom stereocenters. The highest BCUT2D eigenvalue weighted by Gasteiger charge is 2.02. The summed E-state index contributed by atoms with van der Waals surface area (Å²) in [5, 5.41) is 1.94. The number of methoxy groups -OCH3 is 1. The van der Waals surface area contributed by atoms with E-state index < -0.39 is 0 Å². The van der Waals surface area contributed by atoms with Gasteiger partial charge in [0.1, 0.15) is 11.5 Å². The minimum Gasteiger partial charge on any atom is -0.497 e. The number of ether oxygens (including phenoxy) is 2. The lowest BCUT2D eigenvalue weighted by molar-refractivity contribution is 0.302. The van der Waals surface area contributed by atoms with Crippen LogP contribution in [0.5, 0.6) is 11.5 Å². The van der Waals surface area contributed by atoms with Gasteiger partial charge in [-0.25, -0.2) is 0 Å². The smallest absolute Gasteiger partial charge is 0.119 e. The Morgan fingerprint density at radius 2 is 1.77 bits per heavy atom. The highest BCUT2D eigenvalue weighted by atomic mass is 35.5. The van der Waals surface area contributed by atoms with E-state index in [1.807, 2.05) is 36.4 Å². The summed E-state index contributed by atoms with van der Waals surface area (Å²) in [5.41, 5.74) is 1.20. The van der Waals surface area contributed by atoms with E-state index in [1.54, 1.807) is 7.11 Å². The molecule has 0 N–H and O–H groups in total. The van der Waals surface area contributed by atoms with Gasteiger partial charge in [-0.15, -0.1) is 0 Å². The van der Waals surface area contributed by atoms with Crippen LogP contribution in [0, 0.1) is 0 Å². The number of nitrogens with zero attached hydrogens (tertiary/aromatic N) is 1. The van der Waals surface area contributed by atoms with Gasteiger partial charge in [0.25, 0.3) is 0 Å². The largest absolute Gasteiger partial charge is 0.497 e. The Balaban J connectivity index is 1.53. The highest BCUT2D eigenvalue weighted by molar-refractivity contribution is 6.31. The monoisotopic (exact) mass is 315 g/mol.